The monoisotopic (exact) mass is 186 g/mol. The van der Waals surface area contributed by atoms with Crippen molar-refractivity contribution in [3.8, 4) is 11.5 Å². The highest BCUT2D eigenvalue weighted by Crippen LogP contribution is 2.32. The first kappa shape index (κ1) is 9.20. The van der Waals surface area contributed by atoms with Gasteiger partial charge in [-0.3, -0.25) is 0 Å². The maximum atomic E-state index is 9.47. The van der Waals surface area contributed by atoms with Crippen LogP contribution in [0.25, 0.3) is 0 Å². The van der Waals surface area contributed by atoms with Crippen molar-refractivity contribution >= 4 is 11.6 Å². The molecule has 1 rings (SSSR count). The summed E-state index contributed by atoms with van der Waals surface area (Å²) in [6.07, 6.45) is 0. The third-order valence-electron chi connectivity index (χ3n) is 1.53. The van der Waals surface area contributed by atoms with Crippen LogP contribution in [0.3, 0.4) is 0 Å². The van der Waals surface area contributed by atoms with E-state index in [0.29, 0.717) is 17.4 Å². The van der Waals surface area contributed by atoms with Crippen LogP contribution in [0.1, 0.15) is 12.5 Å². The van der Waals surface area contributed by atoms with E-state index in [1.54, 1.807) is 19.1 Å². The molecule has 0 spiro atoms. The summed E-state index contributed by atoms with van der Waals surface area (Å²) in [5, 5.41) is 10.0. The minimum atomic E-state index is 0.168. The number of aryl methyl sites for hydroxylation is 1. The van der Waals surface area contributed by atoms with Gasteiger partial charge in [0.05, 0.1) is 6.61 Å². The van der Waals surface area contributed by atoms with Crippen molar-refractivity contribution in [3.63, 3.8) is 0 Å². The molecule has 0 aliphatic rings. The van der Waals surface area contributed by atoms with Gasteiger partial charge in [0.1, 0.15) is 0 Å². The Balaban J connectivity index is 3.09. The molecule has 0 heterocycles. The number of hydrogen-bond acceptors (Lipinski definition) is 2. The molecule has 0 radical (unpaired) electrons. The molecule has 0 aliphatic carbocycles. The van der Waals surface area contributed by atoms with E-state index >= 15 is 0 Å². The molecule has 1 aromatic rings. The van der Waals surface area contributed by atoms with Crippen molar-refractivity contribution < 1.29 is 9.84 Å². The lowest BCUT2D eigenvalue weighted by Crippen LogP contribution is -1.92. The van der Waals surface area contributed by atoms with Gasteiger partial charge in [0, 0.05) is 11.1 Å². The van der Waals surface area contributed by atoms with Crippen molar-refractivity contribution in [1.82, 2.24) is 0 Å². The highest BCUT2D eigenvalue weighted by molar-refractivity contribution is 6.30. The van der Waals surface area contributed by atoms with E-state index in [1.807, 2.05) is 6.92 Å². The average Bonchev–Trinajstić information content (AvgIpc) is 2.00. The standard InChI is InChI=1S/C9H11ClO2/c1-3-12-8-5-7(10)4-6(2)9(8)11/h4-5,11H,3H2,1-2H3. The summed E-state index contributed by atoms with van der Waals surface area (Å²) in [6.45, 7) is 4.16. The maximum Gasteiger partial charge on any atom is 0.162 e. The van der Waals surface area contributed by atoms with Crippen LogP contribution in [0, 0.1) is 6.92 Å². The van der Waals surface area contributed by atoms with Gasteiger partial charge in [-0.1, -0.05) is 11.6 Å². The van der Waals surface area contributed by atoms with Crippen LogP contribution < -0.4 is 4.74 Å². The Labute approximate surface area is 76.7 Å². The molecule has 0 unspecified atom stereocenters. The van der Waals surface area contributed by atoms with E-state index in [2.05, 4.69) is 0 Å². The summed E-state index contributed by atoms with van der Waals surface area (Å²) in [7, 11) is 0. The second kappa shape index (κ2) is 3.68. The van der Waals surface area contributed by atoms with Crippen molar-refractivity contribution in [3.05, 3.63) is 22.7 Å². The smallest absolute Gasteiger partial charge is 0.162 e. The van der Waals surface area contributed by atoms with E-state index in [-0.39, 0.29) is 5.75 Å². The third-order valence-corrected chi connectivity index (χ3v) is 1.75. The van der Waals surface area contributed by atoms with E-state index in [4.69, 9.17) is 16.3 Å². The van der Waals surface area contributed by atoms with Crippen LogP contribution in [0.2, 0.25) is 5.02 Å². The first-order valence-corrected chi connectivity index (χ1v) is 4.15. The Morgan fingerprint density at radius 2 is 2.17 bits per heavy atom. The van der Waals surface area contributed by atoms with Gasteiger partial charge in [-0.05, 0) is 25.5 Å². The second-order valence-corrected chi connectivity index (χ2v) is 2.94. The first-order chi connectivity index (χ1) is 5.65. The number of hydrogen-bond donors (Lipinski definition) is 1. The molecule has 0 aromatic heterocycles. The molecule has 66 valence electrons. The fraction of sp³-hybridized carbons (Fsp3) is 0.333. The van der Waals surface area contributed by atoms with Gasteiger partial charge in [0.15, 0.2) is 11.5 Å². The predicted octanol–water partition coefficient (Wildman–Crippen LogP) is 2.75. The fourth-order valence-corrected chi connectivity index (χ4v) is 1.23. The van der Waals surface area contributed by atoms with E-state index in [0.717, 1.165) is 5.56 Å². The number of phenols is 1. The van der Waals surface area contributed by atoms with Gasteiger partial charge in [-0.15, -0.1) is 0 Å². The Morgan fingerprint density at radius 1 is 1.50 bits per heavy atom. The number of benzene rings is 1. The Morgan fingerprint density at radius 3 is 2.75 bits per heavy atom. The van der Waals surface area contributed by atoms with Gasteiger partial charge in [-0.2, -0.15) is 0 Å². The summed E-state index contributed by atoms with van der Waals surface area (Å²) in [5.41, 5.74) is 0.728. The van der Waals surface area contributed by atoms with Crippen molar-refractivity contribution in [2.45, 2.75) is 13.8 Å². The summed E-state index contributed by atoms with van der Waals surface area (Å²) >= 11 is 5.77. The molecule has 0 saturated carbocycles. The zero-order valence-corrected chi connectivity index (χ0v) is 7.85. The molecule has 0 saturated heterocycles. The molecule has 0 fully saturated rings. The SMILES string of the molecule is CCOc1cc(Cl)cc(C)c1O. The zero-order valence-electron chi connectivity index (χ0n) is 7.10. The molecular formula is C9H11ClO2. The van der Waals surface area contributed by atoms with Gasteiger partial charge in [0.25, 0.3) is 0 Å². The minimum Gasteiger partial charge on any atom is -0.504 e. The lowest BCUT2D eigenvalue weighted by molar-refractivity contribution is 0.317. The topological polar surface area (TPSA) is 29.5 Å². The highest BCUT2D eigenvalue weighted by Gasteiger charge is 2.05. The predicted molar refractivity (Wildman–Crippen MR) is 49.0 cm³/mol. The van der Waals surface area contributed by atoms with Crippen LogP contribution >= 0.6 is 11.6 Å². The van der Waals surface area contributed by atoms with Gasteiger partial charge >= 0.3 is 0 Å². The summed E-state index contributed by atoms with van der Waals surface area (Å²) in [4.78, 5) is 0. The van der Waals surface area contributed by atoms with Crippen molar-refractivity contribution in [1.29, 1.82) is 0 Å². The number of phenolic OH excluding ortho intramolecular Hbond substituents is 1. The average molecular weight is 187 g/mol. The summed E-state index contributed by atoms with van der Waals surface area (Å²) < 4.78 is 5.16. The quantitative estimate of drug-likeness (QED) is 0.770. The molecule has 0 aliphatic heterocycles. The lowest BCUT2D eigenvalue weighted by atomic mass is 10.2. The third kappa shape index (κ3) is 1.83. The van der Waals surface area contributed by atoms with Crippen LogP contribution in [-0.4, -0.2) is 11.7 Å². The molecule has 0 bridgehead atoms. The van der Waals surface area contributed by atoms with Gasteiger partial charge in [0.2, 0.25) is 0 Å². The molecule has 1 N–H and O–H groups in total. The number of ether oxygens (including phenoxy) is 1. The van der Waals surface area contributed by atoms with Crippen LogP contribution in [0.15, 0.2) is 12.1 Å². The van der Waals surface area contributed by atoms with E-state index in [1.165, 1.54) is 0 Å². The van der Waals surface area contributed by atoms with E-state index < -0.39 is 0 Å². The fourth-order valence-electron chi connectivity index (χ4n) is 0.970. The minimum absolute atomic E-state index is 0.168. The first-order valence-electron chi connectivity index (χ1n) is 3.77. The number of halogens is 1. The molecule has 12 heavy (non-hydrogen) atoms. The zero-order chi connectivity index (χ0) is 9.14. The Hall–Kier alpha value is -0.890. The van der Waals surface area contributed by atoms with Gasteiger partial charge < -0.3 is 9.84 Å². The molecule has 1 aromatic carbocycles. The van der Waals surface area contributed by atoms with Gasteiger partial charge in [-0.25, -0.2) is 0 Å². The molecule has 0 amide bonds. The molecule has 3 heteroatoms. The second-order valence-electron chi connectivity index (χ2n) is 2.50. The summed E-state index contributed by atoms with van der Waals surface area (Å²) in [6, 6.07) is 3.30. The normalized spacial score (nSPS) is 9.92. The lowest BCUT2D eigenvalue weighted by Gasteiger charge is -2.07. The maximum absolute atomic E-state index is 9.47. The van der Waals surface area contributed by atoms with Crippen LogP contribution in [-0.2, 0) is 0 Å². The number of rotatable bonds is 2. The Kier molecular flexibility index (Phi) is 2.82. The van der Waals surface area contributed by atoms with Crippen molar-refractivity contribution in [2.24, 2.45) is 0 Å². The Bertz CT molecular complexity index is 284. The summed E-state index contributed by atoms with van der Waals surface area (Å²) in [5.74, 6) is 0.615. The van der Waals surface area contributed by atoms with Crippen molar-refractivity contribution in [2.75, 3.05) is 6.61 Å². The molecule has 2 nitrogen and oxygen atoms in total. The number of aromatic hydroxyl groups is 1. The largest absolute Gasteiger partial charge is 0.504 e. The molecular weight excluding hydrogens is 176 g/mol. The molecule has 0 atom stereocenters. The highest BCUT2D eigenvalue weighted by atomic mass is 35.5. The van der Waals surface area contributed by atoms with Crippen LogP contribution in [0.4, 0.5) is 0 Å². The van der Waals surface area contributed by atoms with Crippen LogP contribution in [0.5, 0.6) is 11.5 Å². The van der Waals surface area contributed by atoms with E-state index in [9.17, 15) is 5.11 Å².